The number of aryl methyl sites for hydroxylation is 2. The molecule has 1 aromatic heterocycles. The fraction of sp³-hybridized carbons (Fsp3) is 0.429. The summed E-state index contributed by atoms with van der Waals surface area (Å²) in [7, 11) is 0. The number of aromatic nitrogens is 2. The maximum atomic E-state index is 3.86. The van der Waals surface area contributed by atoms with Crippen molar-refractivity contribution < 1.29 is 0 Å². The average Bonchev–Trinajstić information content (AvgIpc) is 2.39. The molecule has 2 rings (SSSR count). The highest BCUT2D eigenvalue weighted by molar-refractivity contribution is 5.86. The van der Waals surface area contributed by atoms with Crippen molar-refractivity contribution in [1.82, 2.24) is 10.2 Å². The van der Waals surface area contributed by atoms with Gasteiger partial charge in [-0.3, -0.25) is 0 Å². The highest BCUT2D eigenvalue weighted by Gasteiger charge is 1.98. The van der Waals surface area contributed by atoms with Gasteiger partial charge in [0.25, 0.3) is 0 Å². The van der Waals surface area contributed by atoms with Crippen molar-refractivity contribution in [3.8, 4) is 0 Å². The molecule has 0 saturated carbocycles. The lowest BCUT2D eigenvalue weighted by atomic mass is 10.0. The van der Waals surface area contributed by atoms with Crippen LogP contribution in [-0.2, 0) is 0 Å². The van der Waals surface area contributed by atoms with E-state index in [-0.39, 0.29) is 0 Å². The molecular weight excluding hydrogens is 196 g/mol. The Labute approximate surface area is 98.7 Å². The van der Waals surface area contributed by atoms with Crippen LogP contribution in [0.15, 0.2) is 24.5 Å². The Balaban J connectivity index is 0.000000509. The van der Waals surface area contributed by atoms with E-state index in [1.807, 2.05) is 40.1 Å². The summed E-state index contributed by atoms with van der Waals surface area (Å²) in [5.41, 5.74) is 2.51. The molecule has 2 nitrogen and oxygen atoms in total. The van der Waals surface area contributed by atoms with Crippen molar-refractivity contribution in [2.75, 3.05) is 0 Å². The third kappa shape index (κ3) is 3.30. The Morgan fingerprint density at radius 1 is 0.688 bits per heavy atom. The molecule has 0 amide bonds. The molecule has 16 heavy (non-hydrogen) atoms. The van der Waals surface area contributed by atoms with Gasteiger partial charge in [0.1, 0.15) is 0 Å². The molecule has 1 heterocycles. The van der Waals surface area contributed by atoms with Gasteiger partial charge in [-0.15, -0.1) is 0 Å². The summed E-state index contributed by atoms with van der Waals surface area (Å²) >= 11 is 0. The maximum Gasteiger partial charge on any atom is 0.0577 e. The van der Waals surface area contributed by atoms with E-state index in [9.17, 15) is 0 Å². The van der Waals surface area contributed by atoms with Gasteiger partial charge in [0, 0.05) is 10.8 Å². The SMILES string of the molecule is CC.CC.Cc1ccc(C)c2cnncc12. The third-order valence-electron chi connectivity index (χ3n) is 2.16. The molecule has 2 aromatic rings. The van der Waals surface area contributed by atoms with Crippen LogP contribution in [0.2, 0.25) is 0 Å². The minimum atomic E-state index is 1.20. The van der Waals surface area contributed by atoms with Crippen molar-refractivity contribution in [3.05, 3.63) is 35.7 Å². The molecule has 0 aliphatic carbocycles. The first kappa shape index (κ1) is 14.6. The summed E-state index contributed by atoms with van der Waals surface area (Å²) in [6.07, 6.45) is 3.63. The maximum absolute atomic E-state index is 3.86. The molecule has 0 bridgehead atoms. The van der Waals surface area contributed by atoms with E-state index in [4.69, 9.17) is 0 Å². The number of hydrogen-bond donors (Lipinski definition) is 0. The smallest absolute Gasteiger partial charge is 0.0577 e. The van der Waals surface area contributed by atoms with Crippen LogP contribution in [0.4, 0.5) is 0 Å². The van der Waals surface area contributed by atoms with Gasteiger partial charge in [-0.2, -0.15) is 10.2 Å². The Morgan fingerprint density at radius 2 is 1.00 bits per heavy atom. The van der Waals surface area contributed by atoms with Gasteiger partial charge in [0.15, 0.2) is 0 Å². The van der Waals surface area contributed by atoms with Crippen LogP contribution in [0.25, 0.3) is 10.8 Å². The third-order valence-corrected chi connectivity index (χ3v) is 2.16. The van der Waals surface area contributed by atoms with Gasteiger partial charge >= 0.3 is 0 Å². The van der Waals surface area contributed by atoms with Crippen molar-refractivity contribution in [2.45, 2.75) is 41.5 Å². The van der Waals surface area contributed by atoms with Crippen LogP contribution in [0, 0.1) is 13.8 Å². The molecule has 0 aliphatic rings. The van der Waals surface area contributed by atoms with Gasteiger partial charge < -0.3 is 0 Å². The Hall–Kier alpha value is -1.44. The lowest BCUT2D eigenvalue weighted by Gasteiger charge is -2.02. The van der Waals surface area contributed by atoms with Gasteiger partial charge in [-0.1, -0.05) is 39.8 Å². The van der Waals surface area contributed by atoms with Crippen molar-refractivity contribution in [2.24, 2.45) is 0 Å². The first-order chi connectivity index (χ1) is 7.79. The monoisotopic (exact) mass is 218 g/mol. The molecule has 0 radical (unpaired) electrons. The molecule has 2 heteroatoms. The Bertz CT molecular complexity index is 382. The quantitative estimate of drug-likeness (QED) is 0.659. The Morgan fingerprint density at radius 3 is 1.31 bits per heavy atom. The zero-order valence-corrected chi connectivity index (χ0v) is 11.2. The van der Waals surface area contributed by atoms with E-state index < -0.39 is 0 Å². The van der Waals surface area contributed by atoms with Crippen LogP contribution in [0.1, 0.15) is 38.8 Å². The summed E-state index contributed by atoms with van der Waals surface area (Å²) in [4.78, 5) is 0. The zero-order valence-electron chi connectivity index (χ0n) is 11.2. The summed E-state index contributed by atoms with van der Waals surface area (Å²) in [6, 6.07) is 4.22. The average molecular weight is 218 g/mol. The van der Waals surface area contributed by atoms with Crippen LogP contribution < -0.4 is 0 Å². The second kappa shape index (κ2) is 7.80. The molecule has 0 aliphatic heterocycles. The summed E-state index contributed by atoms with van der Waals surface area (Å²) in [6.45, 7) is 12.2. The van der Waals surface area contributed by atoms with Crippen molar-refractivity contribution >= 4 is 10.8 Å². The molecule has 88 valence electrons. The topological polar surface area (TPSA) is 25.8 Å². The molecule has 0 unspecified atom stereocenters. The fourth-order valence-electron chi connectivity index (χ4n) is 1.38. The molecule has 1 aromatic carbocycles. The predicted molar refractivity (Wildman–Crippen MR) is 71.7 cm³/mol. The minimum Gasteiger partial charge on any atom is -0.158 e. The Kier molecular flexibility index (Phi) is 7.10. The van der Waals surface area contributed by atoms with E-state index in [0.717, 1.165) is 0 Å². The first-order valence-electron chi connectivity index (χ1n) is 5.95. The molecule has 0 fully saturated rings. The normalized spacial score (nSPS) is 8.62. The molecule has 0 atom stereocenters. The van der Waals surface area contributed by atoms with E-state index >= 15 is 0 Å². The van der Waals surface area contributed by atoms with Crippen LogP contribution >= 0.6 is 0 Å². The van der Waals surface area contributed by atoms with E-state index in [2.05, 4.69) is 36.2 Å². The largest absolute Gasteiger partial charge is 0.158 e. The number of nitrogens with zero attached hydrogens (tertiary/aromatic N) is 2. The standard InChI is InChI=1S/C10H10N2.2C2H6/c1-7-3-4-8(2)10-6-12-11-5-9(7)10;2*1-2/h3-6H,1-2H3;2*1-2H3. The highest BCUT2D eigenvalue weighted by Crippen LogP contribution is 2.19. The lowest BCUT2D eigenvalue weighted by molar-refractivity contribution is 1.05. The van der Waals surface area contributed by atoms with Gasteiger partial charge in [0.2, 0.25) is 0 Å². The summed E-state index contributed by atoms with van der Waals surface area (Å²) in [5, 5.41) is 10.1. The van der Waals surface area contributed by atoms with Crippen LogP contribution in [0.3, 0.4) is 0 Å². The first-order valence-corrected chi connectivity index (χ1v) is 5.95. The van der Waals surface area contributed by atoms with Gasteiger partial charge in [0.05, 0.1) is 12.4 Å². The molecule has 0 saturated heterocycles. The van der Waals surface area contributed by atoms with E-state index in [1.54, 1.807) is 0 Å². The van der Waals surface area contributed by atoms with Crippen LogP contribution in [-0.4, -0.2) is 10.2 Å². The number of fused-ring (bicyclic) bond motifs is 1. The number of benzene rings is 1. The molecule has 0 N–H and O–H groups in total. The predicted octanol–water partition coefficient (Wildman–Crippen LogP) is 4.30. The molecular formula is C14H22N2. The number of rotatable bonds is 0. The van der Waals surface area contributed by atoms with Crippen LogP contribution in [0.5, 0.6) is 0 Å². The molecule has 0 spiro atoms. The summed E-state index contributed by atoms with van der Waals surface area (Å²) in [5.74, 6) is 0. The summed E-state index contributed by atoms with van der Waals surface area (Å²) < 4.78 is 0. The van der Waals surface area contributed by atoms with Crippen molar-refractivity contribution in [3.63, 3.8) is 0 Å². The second-order valence-corrected chi connectivity index (χ2v) is 3.02. The number of hydrogen-bond acceptors (Lipinski definition) is 2. The fourth-order valence-corrected chi connectivity index (χ4v) is 1.38. The van der Waals surface area contributed by atoms with Gasteiger partial charge in [-0.25, -0.2) is 0 Å². The zero-order chi connectivity index (χ0) is 12.6. The highest BCUT2D eigenvalue weighted by atomic mass is 15.1. The second-order valence-electron chi connectivity index (χ2n) is 3.02. The lowest BCUT2D eigenvalue weighted by Crippen LogP contribution is -1.86. The van der Waals surface area contributed by atoms with E-state index in [1.165, 1.54) is 21.9 Å². The minimum absolute atomic E-state index is 1.20. The van der Waals surface area contributed by atoms with Gasteiger partial charge in [-0.05, 0) is 25.0 Å². The van der Waals surface area contributed by atoms with Crippen molar-refractivity contribution in [1.29, 1.82) is 0 Å². The van der Waals surface area contributed by atoms with E-state index in [0.29, 0.717) is 0 Å².